The highest BCUT2D eigenvalue weighted by atomic mass is 35.5. The summed E-state index contributed by atoms with van der Waals surface area (Å²) in [6.07, 6.45) is 4.83. The van der Waals surface area contributed by atoms with E-state index in [2.05, 4.69) is 36.4 Å². The van der Waals surface area contributed by atoms with Crippen molar-refractivity contribution in [2.24, 2.45) is 17.8 Å². The van der Waals surface area contributed by atoms with E-state index in [4.69, 9.17) is 11.6 Å². The van der Waals surface area contributed by atoms with E-state index in [1.165, 1.54) is 0 Å². The molecule has 0 heterocycles. The molecule has 4 aliphatic rings. The minimum absolute atomic E-state index is 0.667. The molecule has 0 radical (unpaired) electrons. The molecule has 1 aromatic rings. The molecule has 1 fully saturated rings. The zero-order valence-corrected chi connectivity index (χ0v) is 9.19. The molecule has 0 N–H and O–H groups in total. The van der Waals surface area contributed by atoms with E-state index in [-0.39, 0.29) is 0 Å². The van der Waals surface area contributed by atoms with Gasteiger partial charge in [-0.3, -0.25) is 0 Å². The van der Waals surface area contributed by atoms with Crippen molar-refractivity contribution in [3.05, 3.63) is 47.5 Å². The van der Waals surface area contributed by atoms with Gasteiger partial charge in [-0.25, -0.2) is 0 Å². The van der Waals surface area contributed by atoms with Crippen LogP contribution in [0.15, 0.2) is 36.4 Å². The van der Waals surface area contributed by atoms with E-state index in [1.807, 2.05) is 0 Å². The van der Waals surface area contributed by atoms with Crippen molar-refractivity contribution in [3.8, 4) is 0 Å². The fraction of sp³-hybridized carbons (Fsp3) is 0.429. The molecule has 2 bridgehead atoms. The van der Waals surface area contributed by atoms with E-state index < -0.39 is 0 Å². The fourth-order valence-corrected chi connectivity index (χ4v) is 4.29. The van der Waals surface area contributed by atoms with Crippen molar-refractivity contribution in [3.63, 3.8) is 0 Å². The smallest absolute Gasteiger partial charge is 0.0257 e. The summed E-state index contributed by atoms with van der Waals surface area (Å²) in [5.41, 5.74) is 3.14. The molecule has 76 valence electrons. The van der Waals surface area contributed by atoms with Gasteiger partial charge in [0.2, 0.25) is 0 Å². The van der Waals surface area contributed by atoms with Gasteiger partial charge in [-0.15, -0.1) is 11.6 Å². The molecule has 0 nitrogen and oxygen atoms in total. The van der Waals surface area contributed by atoms with Crippen LogP contribution < -0.4 is 0 Å². The quantitative estimate of drug-likeness (QED) is 0.498. The normalized spacial score (nSPS) is 43.7. The summed E-state index contributed by atoms with van der Waals surface area (Å²) in [6, 6.07) is 8.94. The van der Waals surface area contributed by atoms with Crippen LogP contribution in [-0.4, -0.2) is 5.88 Å². The summed E-state index contributed by atoms with van der Waals surface area (Å²) in [5, 5.41) is 0. The molecule has 15 heavy (non-hydrogen) atoms. The SMILES string of the molecule is ClCC1[C@@H]2[C@H]1[C@@H]1C=C[C@H]2c2ccccc21. The molecular weight excluding hydrogens is 204 g/mol. The Kier molecular flexibility index (Phi) is 1.50. The van der Waals surface area contributed by atoms with Crippen LogP contribution in [0.5, 0.6) is 0 Å². The topological polar surface area (TPSA) is 0 Å². The molecule has 1 aromatic carbocycles. The molecule has 0 amide bonds. The molecule has 5 rings (SSSR count). The first-order chi connectivity index (χ1) is 7.42. The Morgan fingerprint density at radius 1 is 0.933 bits per heavy atom. The number of allylic oxidation sites excluding steroid dienone is 2. The van der Waals surface area contributed by atoms with E-state index >= 15 is 0 Å². The second-order valence-corrected chi connectivity index (χ2v) is 5.35. The van der Waals surface area contributed by atoms with Gasteiger partial charge in [-0.1, -0.05) is 36.4 Å². The van der Waals surface area contributed by atoms with Crippen molar-refractivity contribution in [1.29, 1.82) is 0 Å². The highest BCUT2D eigenvalue weighted by Gasteiger charge is 2.61. The maximum absolute atomic E-state index is 6.05. The molecule has 0 aromatic heterocycles. The Labute approximate surface area is 94.9 Å². The molecule has 5 atom stereocenters. The largest absolute Gasteiger partial charge is 0.126 e. The van der Waals surface area contributed by atoms with Crippen molar-refractivity contribution in [2.75, 3.05) is 5.88 Å². The average Bonchev–Trinajstić information content (AvgIpc) is 3.05. The van der Waals surface area contributed by atoms with Crippen LogP contribution in [0.2, 0.25) is 0 Å². The van der Waals surface area contributed by atoms with E-state index in [0.717, 1.165) is 23.6 Å². The van der Waals surface area contributed by atoms with Crippen LogP contribution in [0.1, 0.15) is 23.0 Å². The van der Waals surface area contributed by atoms with Crippen molar-refractivity contribution in [2.45, 2.75) is 11.8 Å². The lowest BCUT2D eigenvalue weighted by Crippen LogP contribution is -2.19. The summed E-state index contributed by atoms with van der Waals surface area (Å²) in [5.74, 6) is 4.65. The zero-order chi connectivity index (χ0) is 9.99. The third-order valence-electron chi connectivity index (χ3n) is 4.54. The van der Waals surface area contributed by atoms with Crippen LogP contribution >= 0.6 is 11.6 Å². The van der Waals surface area contributed by atoms with Crippen molar-refractivity contribution < 1.29 is 0 Å². The standard InChI is InChI=1S/C14H13Cl/c15-7-12-13-10-5-6-11(14(12)13)9-4-2-1-3-8(9)10/h1-6,10-14H,7H2/t10-,11+,12?,13+,14-. The molecule has 1 heteroatoms. The molecular formula is C14H13Cl. The highest BCUT2D eigenvalue weighted by molar-refractivity contribution is 6.18. The predicted molar refractivity (Wildman–Crippen MR) is 62.3 cm³/mol. The van der Waals surface area contributed by atoms with Crippen LogP contribution in [0.3, 0.4) is 0 Å². The third kappa shape index (κ3) is 0.896. The molecule has 1 unspecified atom stereocenters. The van der Waals surface area contributed by atoms with Crippen LogP contribution in [0, 0.1) is 17.8 Å². The second kappa shape index (κ2) is 2.68. The number of alkyl halides is 1. The van der Waals surface area contributed by atoms with Crippen LogP contribution in [0.4, 0.5) is 0 Å². The monoisotopic (exact) mass is 216 g/mol. The first-order valence-electron chi connectivity index (χ1n) is 5.75. The van der Waals surface area contributed by atoms with E-state index in [9.17, 15) is 0 Å². The lowest BCUT2D eigenvalue weighted by atomic mass is 9.72. The minimum atomic E-state index is 0.667. The first kappa shape index (κ1) is 8.41. The Morgan fingerprint density at radius 2 is 1.47 bits per heavy atom. The molecule has 1 saturated carbocycles. The van der Waals surface area contributed by atoms with Gasteiger partial charge in [-0.05, 0) is 28.9 Å². The maximum Gasteiger partial charge on any atom is 0.0257 e. The number of rotatable bonds is 1. The Morgan fingerprint density at radius 3 is 1.93 bits per heavy atom. The van der Waals surface area contributed by atoms with Crippen molar-refractivity contribution in [1.82, 2.24) is 0 Å². The summed E-state index contributed by atoms with van der Waals surface area (Å²) in [7, 11) is 0. The first-order valence-corrected chi connectivity index (χ1v) is 6.28. The molecule has 0 aliphatic heterocycles. The number of hydrogen-bond acceptors (Lipinski definition) is 0. The third-order valence-corrected chi connectivity index (χ3v) is 4.90. The Bertz CT molecular complexity index is 409. The van der Waals surface area contributed by atoms with Gasteiger partial charge < -0.3 is 0 Å². The lowest BCUT2D eigenvalue weighted by Gasteiger charge is -2.32. The van der Waals surface area contributed by atoms with Gasteiger partial charge in [0.1, 0.15) is 0 Å². The zero-order valence-electron chi connectivity index (χ0n) is 8.44. The summed E-state index contributed by atoms with van der Waals surface area (Å²) in [6.45, 7) is 0. The second-order valence-electron chi connectivity index (χ2n) is 5.04. The van der Waals surface area contributed by atoms with Gasteiger partial charge in [0.15, 0.2) is 0 Å². The van der Waals surface area contributed by atoms with Crippen LogP contribution in [0.25, 0.3) is 0 Å². The van der Waals surface area contributed by atoms with Gasteiger partial charge in [0, 0.05) is 17.7 Å². The minimum Gasteiger partial charge on any atom is -0.126 e. The number of halogens is 1. The summed E-state index contributed by atoms with van der Waals surface area (Å²) < 4.78 is 0. The summed E-state index contributed by atoms with van der Waals surface area (Å²) >= 11 is 6.05. The van der Waals surface area contributed by atoms with Gasteiger partial charge >= 0.3 is 0 Å². The lowest BCUT2D eigenvalue weighted by molar-refractivity contribution is 0.523. The van der Waals surface area contributed by atoms with Gasteiger partial charge in [0.05, 0.1) is 0 Å². The Balaban J connectivity index is 1.88. The van der Waals surface area contributed by atoms with Gasteiger partial charge in [-0.2, -0.15) is 0 Å². The van der Waals surface area contributed by atoms with E-state index in [1.54, 1.807) is 11.1 Å². The number of hydrogen-bond donors (Lipinski definition) is 0. The molecule has 0 spiro atoms. The maximum atomic E-state index is 6.05. The molecule has 4 aliphatic carbocycles. The van der Waals surface area contributed by atoms with Crippen molar-refractivity contribution >= 4 is 11.6 Å². The summed E-state index contributed by atoms with van der Waals surface area (Å²) in [4.78, 5) is 0. The highest BCUT2D eigenvalue weighted by Crippen LogP contribution is 2.68. The number of benzene rings is 1. The average molecular weight is 217 g/mol. The fourth-order valence-electron chi connectivity index (χ4n) is 3.88. The van der Waals surface area contributed by atoms with Gasteiger partial charge in [0.25, 0.3) is 0 Å². The molecule has 0 saturated heterocycles. The predicted octanol–water partition coefficient (Wildman–Crippen LogP) is 3.54. The van der Waals surface area contributed by atoms with E-state index in [0.29, 0.717) is 11.8 Å². The van der Waals surface area contributed by atoms with Crippen LogP contribution in [-0.2, 0) is 0 Å². The Hall–Kier alpha value is -0.750.